The largest absolute Gasteiger partial charge is 0.469 e. The predicted octanol–water partition coefficient (Wildman–Crippen LogP) is -1.15. The van der Waals surface area contributed by atoms with Crippen LogP contribution in [-0.2, 0) is 13.8 Å². The zero-order valence-electron chi connectivity index (χ0n) is 10.6. The summed E-state index contributed by atoms with van der Waals surface area (Å²) in [6, 6.07) is 0. The smallest absolute Gasteiger partial charge is 0.387 e. The summed E-state index contributed by atoms with van der Waals surface area (Å²) >= 11 is 1.63. The normalized spacial score (nSPS) is 29.0. The maximum absolute atomic E-state index is 14.1. The van der Waals surface area contributed by atoms with Crippen molar-refractivity contribution in [3.8, 4) is 0 Å². The average molecular weight is 452 g/mol. The molecular formula is C9H11FIN2O8P. The molecule has 2 heterocycles. The number of aromatic amines is 1. The lowest BCUT2D eigenvalue weighted by molar-refractivity contribution is -0.0484. The number of nitrogens with one attached hydrogen (secondary N) is 1. The summed E-state index contributed by atoms with van der Waals surface area (Å²) in [6.07, 6.45) is -5.70. The fourth-order valence-corrected chi connectivity index (χ4v) is 2.66. The first-order chi connectivity index (χ1) is 10.1. The highest BCUT2D eigenvalue weighted by Crippen LogP contribution is 2.38. The third kappa shape index (κ3) is 3.82. The summed E-state index contributed by atoms with van der Waals surface area (Å²) < 4.78 is 34.8. The lowest BCUT2D eigenvalue weighted by Gasteiger charge is -2.16. The Morgan fingerprint density at radius 3 is 2.73 bits per heavy atom. The summed E-state index contributed by atoms with van der Waals surface area (Å²) in [4.78, 5) is 42.1. The van der Waals surface area contributed by atoms with Crippen LogP contribution in [-0.4, -0.2) is 49.4 Å². The number of aromatic nitrogens is 2. The molecule has 0 aliphatic carbocycles. The number of hydrogen-bond acceptors (Lipinski definition) is 6. The Balaban J connectivity index is 2.23. The minimum atomic E-state index is -4.81. The number of aliphatic hydroxyl groups is 1. The van der Waals surface area contributed by atoms with Gasteiger partial charge in [-0.25, -0.2) is 13.8 Å². The van der Waals surface area contributed by atoms with E-state index in [4.69, 9.17) is 14.5 Å². The van der Waals surface area contributed by atoms with E-state index in [1.165, 1.54) is 0 Å². The van der Waals surface area contributed by atoms with Crippen LogP contribution < -0.4 is 11.2 Å². The van der Waals surface area contributed by atoms with Crippen LogP contribution in [0.5, 0.6) is 0 Å². The monoisotopic (exact) mass is 452 g/mol. The Bertz CT molecular complexity index is 716. The maximum atomic E-state index is 14.1. The van der Waals surface area contributed by atoms with Gasteiger partial charge in [0.25, 0.3) is 5.56 Å². The molecule has 0 saturated carbocycles. The van der Waals surface area contributed by atoms with Gasteiger partial charge in [0.2, 0.25) is 0 Å². The van der Waals surface area contributed by atoms with Crippen molar-refractivity contribution in [2.75, 3.05) is 6.61 Å². The molecule has 2 rings (SSSR count). The van der Waals surface area contributed by atoms with Crippen molar-refractivity contribution in [2.24, 2.45) is 0 Å². The molecular weight excluding hydrogens is 441 g/mol. The Kier molecular flexibility index (Phi) is 5.21. The van der Waals surface area contributed by atoms with Gasteiger partial charge in [0.15, 0.2) is 12.4 Å². The van der Waals surface area contributed by atoms with Gasteiger partial charge in [-0.05, 0) is 22.6 Å². The standard InChI is InChI=1S/C9H11FIN2O8P/c10-5-6(14)4(2-20-22(17,18)19)21-8(5)13-1-3(11)7(15)12-9(13)16/h1,4-6,8,14H,2H2,(H,12,15,16)(H2,17,18,19)/t4-,5+,6+,8-/m1/s1. The SMILES string of the molecule is O=c1[nH]c(=O)n([C@@H]2O[C@H](COP(=O)(O)O)[C@H](O)[C@@H]2F)cc1I. The molecule has 10 nitrogen and oxygen atoms in total. The van der Waals surface area contributed by atoms with Crippen LogP contribution in [0.1, 0.15) is 6.23 Å². The zero-order chi connectivity index (χ0) is 16.7. The first-order valence-electron chi connectivity index (χ1n) is 5.79. The van der Waals surface area contributed by atoms with Gasteiger partial charge in [-0.1, -0.05) is 0 Å². The molecule has 124 valence electrons. The summed E-state index contributed by atoms with van der Waals surface area (Å²) in [5.41, 5.74) is -1.60. The van der Waals surface area contributed by atoms with Crippen molar-refractivity contribution < 1.29 is 33.1 Å². The molecule has 4 atom stereocenters. The van der Waals surface area contributed by atoms with Crippen LogP contribution in [0.2, 0.25) is 0 Å². The zero-order valence-corrected chi connectivity index (χ0v) is 13.7. The number of rotatable bonds is 4. The van der Waals surface area contributed by atoms with Crippen molar-refractivity contribution in [1.82, 2.24) is 9.55 Å². The number of ether oxygens (including phenoxy) is 1. The van der Waals surface area contributed by atoms with Crippen LogP contribution in [0.25, 0.3) is 0 Å². The molecule has 1 aliphatic heterocycles. The fourth-order valence-electron chi connectivity index (χ4n) is 1.89. The van der Waals surface area contributed by atoms with Crippen molar-refractivity contribution in [2.45, 2.75) is 24.6 Å². The predicted molar refractivity (Wildman–Crippen MR) is 76.8 cm³/mol. The summed E-state index contributed by atoms with van der Waals surface area (Å²) in [7, 11) is -4.81. The molecule has 1 aliphatic rings. The highest BCUT2D eigenvalue weighted by molar-refractivity contribution is 14.1. The second kappa shape index (κ2) is 6.47. The number of aliphatic hydroxyl groups excluding tert-OH is 1. The first-order valence-corrected chi connectivity index (χ1v) is 8.39. The number of phosphoric ester groups is 1. The Morgan fingerprint density at radius 2 is 2.14 bits per heavy atom. The van der Waals surface area contributed by atoms with Crippen molar-refractivity contribution in [1.29, 1.82) is 0 Å². The van der Waals surface area contributed by atoms with E-state index in [0.717, 1.165) is 10.8 Å². The molecule has 4 N–H and O–H groups in total. The van der Waals surface area contributed by atoms with Gasteiger partial charge in [-0.15, -0.1) is 0 Å². The van der Waals surface area contributed by atoms with E-state index in [-0.39, 0.29) is 3.57 Å². The van der Waals surface area contributed by atoms with Gasteiger partial charge in [0.05, 0.1) is 10.2 Å². The number of phosphoric acid groups is 1. The van der Waals surface area contributed by atoms with E-state index in [9.17, 15) is 23.7 Å². The number of H-pyrrole nitrogens is 1. The van der Waals surface area contributed by atoms with Gasteiger partial charge in [0.1, 0.15) is 12.2 Å². The van der Waals surface area contributed by atoms with E-state index in [1.807, 2.05) is 4.98 Å². The second-order valence-corrected chi connectivity index (χ2v) is 6.83. The van der Waals surface area contributed by atoms with E-state index in [1.54, 1.807) is 22.6 Å². The number of hydrogen-bond donors (Lipinski definition) is 4. The minimum absolute atomic E-state index is 0.0948. The maximum Gasteiger partial charge on any atom is 0.469 e. The van der Waals surface area contributed by atoms with Gasteiger partial charge in [0, 0.05) is 6.20 Å². The molecule has 0 aromatic carbocycles. The quantitative estimate of drug-likeness (QED) is 0.330. The molecule has 0 unspecified atom stereocenters. The molecule has 0 amide bonds. The minimum Gasteiger partial charge on any atom is -0.387 e. The molecule has 1 fully saturated rings. The van der Waals surface area contributed by atoms with Crippen molar-refractivity contribution >= 4 is 30.4 Å². The summed E-state index contributed by atoms with van der Waals surface area (Å²) in [5, 5.41) is 9.68. The van der Waals surface area contributed by atoms with Gasteiger partial charge in [-0.2, -0.15) is 0 Å². The highest BCUT2D eigenvalue weighted by atomic mass is 127. The third-order valence-electron chi connectivity index (χ3n) is 2.90. The van der Waals surface area contributed by atoms with Crippen LogP contribution in [0.3, 0.4) is 0 Å². The molecule has 1 saturated heterocycles. The van der Waals surface area contributed by atoms with E-state index < -0.39 is 50.3 Å². The van der Waals surface area contributed by atoms with Gasteiger partial charge >= 0.3 is 13.5 Å². The molecule has 22 heavy (non-hydrogen) atoms. The second-order valence-electron chi connectivity index (χ2n) is 4.43. The molecule has 1 aromatic heterocycles. The molecule has 0 radical (unpaired) electrons. The number of nitrogens with zero attached hydrogens (tertiary/aromatic N) is 1. The lowest BCUT2D eigenvalue weighted by Crippen LogP contribution is -2.37. The first kappa shape index (κ1) is 17.7. The van der Waals surface area contributed by atoms with Crippen molar-refractivity contribution in [3.05, 3.63) is 30.6 Å². The topological polar surface area (TPSA) is 151 Å². The van der Waals surface area contributed by atoms with E-state index >= 15 is 0 Å². The Hall–Kier alpha value is -0.630. The van der Waals surface area contributed by atoms with Gasteiger partial charge < -0.3 is 19.6 Å². The van der Waals surface area contributed by atoms with Gasteiger partial charge in [-0.3, -0.25) is 18.9 Å². The highest BCUT2D eigenvalue weighted by Gasteiger charge is 2.46. The van der Waals surface area contributed by atoms with Crippen LogP contribution in [0.4, 0.5) is 4.39 Å². The van der Waals surface area contributed by atoms with Crippen molar-refractivity contribution in [3.63, 3.8) is 0 Å². The molecule has 0 bridgehead atoms. The Morgan fingerprint density at radius 1 is 1.50 bits per heavy atom. The molecule has 1 aromatic rings. The van der Waals surface area contributed by atoms with Crippen LogP contribution in [0.15, 0.2) is 15.8 Å². The molecule has 13 heteroatoms. The lowest BCUT2D eigenvalue weighted by atomic mass is 10.1. The fraction of sp³-hybridized carbons (Fsp3) is 0.556. The van der Waals surface area contributed by atoms with Crippen LogP contribution in [0, 0.1) is 3.57 Å². The third-order valence-corrected chi connectivity index (χ3v) is 4.15. The molecule has 0 spiro atoms. The van der Waals surface area contributed by atoms with Crippen LogP contribution >= 0.6 is 30.4 Å². The number of halogens is 2. The van der Waals surface area contributed by atoms with E-state index in [0.29, 0.717) is 0 Å². The van der Waals surface area contributed by atoms with E-state index in [2.05, 4.69) is 4.52 Å². The average Bonchev–Trinajstić information content (AvgIpc) is 2.68. The Labute approximate surface area is 135 Å². The number of alkyl halides is 1. The summed E-state index contributed by atoms with van der Waals surface area (Å²) in [5.74, 6) is 0. The summed E-state index contributed by atoms with van der Waals surface area (Å²) in [6.45, 7) is -0.766.